The number of amides is 2. The van der Waals surface area contributed by atoms with Gasteiger partial charge in [-0.05, 0) is 36.8 Å². The highest BCUT2D eigenvalue weighted by Gasteiger charge is 2.24. The zero-order valence-corrected chi connectivity index (χ0v) is 16.9. The topological polar surface area (TPSA) is 106 Å². The van der Waals surface area contributed by atoms with Crippen molar-refractivity contribution in [1.29, 1.82) is 0 Å². The smallest absolute Gasteiger partial charge is 0.313 e. The van der Waals surface area contributed by atoms with E-state index in [0.717, 1.165) is 5.56 Å². The van der Waals surface area contributed by atoms with Gasteiger partial charge in [0.15, 0.2) is 0 Å². The van der Waals surface area contributed by atoms with Crippen LogP contribution in [0.25, 0.3) is 0 Å². The number of hydrogen-bond acceptors (Lipinski definition) is 6. The average Bonchev–Trinajstić information content (AvgIpc) is 2.72. The Morgan fingerprint density at radius 1 is 0.931 bits per heavy atom. The molecule has 2 rings (SSSR count). The van der Waals surface area contributed by atoms with E-state index in [1.807, 2.05) is 12.1 Å². The van der Waals surface area contributed by atoms with Crippen LogP contribution in [0.15, 0.2) is 42.5 Å². The Hall–Kier alpha value is -3.26. The molecule has 0 aromatic heterocycles. The Morgan fingerprint density at radius 3 is 2.14 bits per heavy atom. The Kier molecular flexibility index (Phi) is 7.44. The minimum atomic E-state index is -1.24. The molecule has 0 saturated heterocycles. The molecule has 1 atom stereocenters. The summed E-state index contributed by atoms with van der Waals surface area (Å²) in [6, 6.07) is 12.1. The monoisotopic (exact) mass is 402 g/mol. The van der Waals surface area contributed by atoms with Crippen LogP contribution in [0.3, 0.4) is 0 Å². The van der Waals surface area contributed by atoms with Gasteiger partial charge in [0.1, 0.15) is 17.2 Å². The Morgan fingerprint density at radius 2 is 1.55 bits per heavy atom. The fraction of sp³-hybridized carbons (Fsp3) is 0.333. The van der Waals surface area contributed by atoms with E-state index in [0.29, 0.717) is 29.4 Å². The molecule has 0 fully saturated rings. The third-order valence-corrected chi connectivity index (χ3v) is 4.23. The summed E-state index contributed by atoms with van der Waals surface area (Å²) < 4.78 is 15.4. The summed E-state index contributed by atoms with van der Waals surface area (Å²) in [5, 5.41) is 15.5. The number of benzene rings is 2. The summed E-state index contributed by atoms with van der Waals surface area (Å²) in [6.45, 7) is 1.49. The molecule has 29 heavy (non-hydrogen) atoms. The lowest BCUT2D eigenvalue weighted by atomic mass is 9.96. The van der Waals surface area contributed by atoms with Crippen LogP contribution in [0.2, 0.25) is 0 Å². The van der Waals surface area contributed by atoms with Crippen molar-refractivity contribution >= 4 is 17.5 Å². The average molecular weight is 402 g/mol. The van der Waals surface area contributed by atoms with Crippen molar-refractivity contribution in [2.45, 2.75) is 18.9 Å². The van der Waals surface area contributed by atoms with E-state index in [4.69, 9.17) is 14.2 Å². The van der Waals surface area contributed by atoms with E-state index in [-0.39, 0.29) is 6.54 Å². The first kappa shape index (κ1) is 22.0. The standard InChI is InChI=1S/C21H26N2O6/c1-21(26,12-14-5-7-15(27-2)8-6-14)13-22-19(24)20(25)23-17-11-16(28-3)9-10-18(17)29-4/h5-11,26H,12-13H2,1-4H3,(H,22,24)(H,23,25). The molecule has 8 nitrogen and oxygen atoms in total. The maximum Gasteiger partial charge on any atom is 0.313 e. The zero-order chi connectivity index (χ0) is 21.4. The molecule has 2 aromatic carbocycles. The Balaban J connectivity index is 1.94. The number of nitrogens with one attached hydrogen (secondary N) is 2. The number of hydrogen-bond donors (Lipinski definition) is 3. The van der Waals surface area contributed by atoms with E-state index < -0.39 is 17.4 Å². The molecule has 0 spiro atoms. The van der Waals surface area contributed by atoms with Crippen molar-refractivity contribution in [3.05, 3.63) is 48.0 Å². The normalized spacial score (nSPS) is 12.4. The Bertz CT molecular complexity index is 849. The molecule has 0 heterocycles. The molecule has 0 bridgehead atoms. The van der Waals surface area contributed by atoms with Gasteiger partial charge in [-0.1, -0.05) is 12.1 Å². The van der Waals surface area contributed by atoms with Crippen LogP contribution in [-0.4, -0.2) is 50.4 Å². The molecule has 2 aromatic rings. The van der Waals surface area contributed by atoms with Crippen molar-refractivity contribution in [2.75, 3.05) is 33.2 Å². The van der Waals surface area contributed by atoms with Crippen molar-refractivity contribution in [3.63, 3.8) is 0 Å². The molecular weight excluding hydrogens is 376 g/mol. The number of carbonyl (C=O) groups is 2. The first-order valence-corrected chi connectivity index (χ1v) is 8.94. The molecular formula is C21H26N2O6. The van der Waals surface area contributed by atoms with Crippen LogP contribution in [0.1, 0.15) is 12.5 Å². The lowest BCUT2D eigenvalue weighted by Crippen LogP contribution is -2.45. The molecule has 0 radical (unpaired) electrons. The summed E-state index contributed by atoms with van der Waals surface area (Å²) >= 11 is 0. The SMILES string of the molecule is COc1ccc(CC(C)(O)CNC(=O)C(=O)Nc2cc(OC)ccc2OC)cc1. The van der Waals surface area contributed by atoms with Crippen molar-refractivity contribution in [3.8, 4) is 17.2 Å². The molecule has 1 unspecified atom stereocenters. The molecule has 3 N–H and O–H groups in total. The lowest BCUT2D eigenvalue weighted by molar-refractivity contribution is -0.136. The second-order valence-corrected chi connectivity index (χ2v) is 6.72. The second-order valence-electron chi connectivity index (χ2n) is 6.72. The zero-order valence-electron chi connectivity index (χ0n) is 16.9. The first-order chi connectivity index (χ1) is 13.8. The van der Waals surface area contributed by atoms with Gasteiger partial charge in [0.2, 0.25) is 0 Å². The number of carbonyl (C=O) groups excluding carboxylic acids is 2. The van der Waals surface area contributed by atoms with Gasteiger partial charge < -0.3 is 30.0 Å². The number of anilines is 1. The summed E-state index contributed by atoms with van der Waals surface area (Å²) in [5.41, 5.74) is -0.0642. The van der Waals surface area contributed by atoms with E-state index in [9.17, 15) is 14.7 Å². The number of ether oxygens (including phenoxy) is 3. The molecule has 0 aliphatic rings. The molecule has 0 aliphatic carbocycles. The maximum atomic E-state index is 12.2. The largest absolute Gasteiger partial charge is 0.497 e. The quantitative estimate of drug-likeness (QED) is 0.581. The van der Waals surface area contributed by atoms with Crippen molar-refractivity contribution in [2.24, 2.45) is 0 Å². The predicted octanol–water partition coefficient (Wildman–Crippen LogP) is 1.76. The lowest BCUT2D eigenvalue weighted by Gasteiger charge is -2.23. The van der Waals surface area contributed by atoms with Crippen LogP contribution in [0, 0.1) is 0 Å². The molecule has 0 aliphatic heterocycles. The predicted molar refractivity (Wildman–Crippen MR) is 109 cm³/mol. The maximum absolute atomic E-state index is 12.2. The van der Waals surface area contributed by atoms with E-state index in [2.05, 4.69) is 10.6 Å². The van der Waals surface area contributed by atoms with E-state index >= 15 is 0 Å². The van der Waals surface area contributed by atoms with Gasteiger partial charge in [0.25, 0.3) is 0 Å². The molecule has 156 valence electrons. The van der Waals surface area contributed by atoms with E-state index in [1.54, 1.807) is 44.4 Å². The van der Waals surface area contributed by atoms with Crippen LogP contribution in [0.4, 0.5) is 5.69 Å². The van der Waals surface area contributed by atoms with Gasteiger partial charge in [-0.2, -0.15) is 0 Å². The minimum absolute atomic E-state index is 0.0967. The highest BCUT2D eigenvalue weighted by Crippen LogP contribution is 2.28. The van der Waals surface area contributed by atoms with Crippen molar-refractivity contribution < 1.29 is 28.9 Å². The molecule has 0 saturated carbocycles. The van der Waals surface area contributed by atoms with Crippen LogP contribution in [0.5, 0.6) is 17.2 Å². The third kappa shape index (κ3) is 6.39. The minimum Gasteiger partial charge on any atom is -0.497 e. The third-order valence-electron chi connectivity index (χ3n) is 4.23. The van der Waals surface area contributed by atoms with Gasteiger partial charge in [-0.25, -0.2) is 0 Å². The number of aliphatic hydroxyl groups is 1. The number of rotatable bonds is 8. The molecule has 8 heteroatoms. The fourth-order valence-corrected chi connectivity index (χ4v) is 2.69. The Labute approximate surface area is 169 Å². The van der Waals surface area contributed by atoms with Gasteiger partial charge in [-0.3, -0.25) is 9.59 Å². The highest BCUT2D eigenvalue weighted by atomic mass is 16.5. The molecule has 2 amide bonds. The van der Waals surface area contributed by atoms with Crippen LogP contribution in [-0.2, 0) is 16.0 Å². The van der Waals surface area contributed by atoms with E-state index in [1.165, 1.54) is 14.2 Å². The highest BCUT2D eigenvalue weighted by molar-refractivity contribution is 6.39. The van der Waals surface area contributed by atoms with Gasteiger partial charge >= 0.3 is 11.8 Å². The summed E-state index contributed by atoms with van der Waals surface area (Å²) in [4.78, 5) is 24.4. The summed E-state index contributed by atoms with van der Waals surface area (Å²) in [7, 11) is 4.52. The summed E-state index contributed by atoms with van der Waals surface area (Å²) in [5.74, 6) is -0.143. The van der Waals surface area contributed by atoms with Gasteiger partial charge in [-0.15, -0.1) is 0 Å². The number of methoxy groups -OCH3 is 3. The van der Waals surface area contributed by atoms with Gasteiger partial charge in [0.05, 0.1) is 32.6 Å². The van der Waals surface area contributed by atoms with Gasteiger partial charge in [0, 0.05) is 19.0 Å². The fourth-order valence-electron chi connectivity index (χ4n) is 2.69. The van der Waals surface area contributed by atoms with Crippen LogP contribution >= 0.6 is 0 Å². The van der Waals surface area contributed by atoms with Crippen LogP contribution < -0.4 is 24.8 Å². The first-order valence-electron chi connectivity index (χ1n) is 8.94. The van der Waals surface area contributed by atoms with Crippen molar-refractivity contribution in [1.82, 2.24) is 5.32 Å². The second kappa shape index (κ2) is 9.79. The summed E-state index contributed by atoms with van der Waals surface area (Å²) in [6.07, 6.45) is 0.294.